The number of ether oxygens (including phenoxy) is 2. The van der Waals surface area contributed by atoms with Crippen molar-refractivity contribution in [2.45, 2.75) is 26.9 Å². The third-order valence-corrected chi connectivity index (χ3v) is 4.36. The number of hydrogen-bond acceptors (Lipinski definition) is 4. The molecule has 2 aromatic rings. The van der Waals surface area contributed by atoms with Gasteiger partial charge in [0.15, 0.2) is 0 Å². The van der Waals surface area contributed by atoms with E-state index in [0.29, 0.717) is 19.8 Å². The molecule has 0 radical (unpaired) electrons. The number of benzene rings is 2. The van der Waals surface area contributed by atoms with Crippen LogP contribution in [0.3, 0.4) is 0 Å². The SMILES string of the molecule is COCc1cccc(-c2cccc(OCCCNCCO)c2C)c1C. The molecular formula is C21H29NO3. The van der Waals surface area contributed by atoms with Gasteiger partial charge in [0, 0.05) is 13.7 Å². The van der Waals surface area contributed by atoms with Crippen molar-refractivity contribution in [3.63, 3.8) is 0 Å². The maximum Gasteiger partial charge on any atom is 0.122 e. The lowest BCUT2D eigenvalue weighted by molar-refractivity contribution is 0.184. The second-order valence-electron chi connectivity index (χ2n) is 6.13. The summed E-state index contributed by atoms with van der Waals surface area (Å²) in [6.45, 7) is 7.17. The molecule has 2 aromatic carbocycles. The molecule has 2 N–H and O–H groups in total. The Labute approximate surface area is 150 Å². The van der Waals surface area contributed by atoms with Gasteiger partial charge in [-0.2, -0.15) is 0 Å². The summed E-state index contributed by atoms with van der Waals surface area (Å²) in [5, 5.41) is 11.9. The van der Waals surface area contributed by atoms with Crippen LogP contribution in [0.25, 0.3) is 11.1 Å². The highest BCUT2D eigenvalue weighted by Gasteiger charge is 2.11. The van der Waals surface area contributed by atoms with Gasteiger partial charge in [0.05, 0.1) is 19.8 Å². The van der Waals surface area contributed by atoms with Crippen LogP contribution in [-0.4, -0.2) is 38.5 Å². The molecule has 136 valence electrons. The van der Waals surface area contributed by atoms with Crippen molar-refractivity contribution in [3.8, 4) is 16.9 Å². The minimum absolute atomic E-state index is 0.170. The van der Waals surface area contributed by atoms with E-state index >= 15 is 0 Å². The Balaban J connectivity index is 2.12. The van der Waals surface area contributed by atoms with Crippen molar-refractivity contribution in [1.82, 2.24) is 5.32 Å². The molecule has 0 aliphatic rings. The van der Waals surface area contributed by atoms with Crippen molar-refractivity contribution in [2.24, 2.45) is 0 Å². The fraction of sp³-hybridized carbons (Fsp3) is 0.429. The van der Waals surface area contributed by atoms with Crippen LogP contribution in [0.1, 0.15) is 23.1 Å². The quantitative estimate of drug-likeness (QED) is 0.649. The number of aliphatic hydroxyl groups is 1. The minimum atomic E-state index is 0.170. The summed E-state index contributed by atoms with van der Waals surface area (Å²) in [7, 11) is 1.72. The number of aliphatic hydroxyl groups excluding tert-OH is 1. The topological polar surface area (TPSA) is 50.7 Å². The highest BCUT2D eigenvalue weighted by atomic mass is 16.5. The zero-order valence-electron chi connectivity index (χ0n) is 15.5. The van der Waals surface area contributed by atoms with Gasteiger partial charge in [0.2, 0.25) is 0 Å². The lowest BCUT2D eigenvalue weighted by Crippen LogP contribution is -2.20. The van der Waals surface area contributed by atoms with Crippen LogP contribution < -0.4 is 10.1 Å². The fourth-order valence-corrected chi connectivity index (χ4v) is 2.93. The second kappa shape index (κ2) is 10.2. The summed E-state index contributed by atoms with van der Waals surface area (Å²) in [4.78, 5) is 0. The Bertz CT molecular complexity index is 670. The van der Waals surface area contributed by atoms with Gasteiger partial charge in [-0.1, -0.05) is 30.3 Å². The van der Waals surface area contributed by atoms with Crippen molar-refractivity contribution in [1.29, 1.82) is 0 Å². The van der Waals surface area contributed by atoms with E-state index in [0.717, 1.165) is 24.3 Å². The molecule has 0 aliphatic carbocycles. The van der Waals surface area contributed by atoms with Crippen molar-refractivity contribution in [3.05, 3.63) is 53.1 Å². The van der Waals surface area contributed by atoms with Gasteiger partial charge in [0.1, 0.15) is 5.75 Å². The largest absolute Gasteiger partial charge is 0.493 e. The fourth-order valence-electron chi connectivity index (χ4n) is 2.93. The molecule has 0 aliphatic heterocycles. The molecule has 0 atom stereocenters. The molecule has 25 heavy (non-hydrogen) atoms. The molecule has 0 heterocycles. The van der Waals surface area contributed by atoms with E-state index in [9.17, 15) is 0 Å². The molecule has 0 saturated carbocycles. The van der Waals surface area contributed by atoms with E-state index in [1.807, 2.05) is 12.1 Å². The highest BCUT2D eigenvalue weighted by molar-refractivity contribution is 5.73. The first kappa shape index (κ1) is 19.4. The first-order valence-electron chi connectivity index (χ1n) is 8.80. The first-order valence-corrected chi connectivity index (χ1v) is 8.80. The summed E-state index contributed by atoms with van der Waals surface area (Å²) >= 11 is 0. The van der Waals surface area contributed by atoms with E-state index in [1.54, 1.807) is 7.11 Å². The lowest BCUT2D eigenvalue weighted by Gasteiger charge is -2.16. The van der Waals surface area contributed by atoms with Crippen molar-refractivity contribution in [2.75, 3.05) is 33.4 Å². The summed E-state index contributed by atoms with van der Waals surface area (Å²) < 4.78 is 11.3. The molecule has 0 fully saturated rings. The highest BCUT2D eigenvalue weighted by Crippen LogP contribution is 2.33. The van der Waals surface area contributed by atoms with Crippen molar-refractivity contribution < 1.29 is 14.6 Å². The van der Waals surface area contributed by atoms with Gasteiger partial charge in [-0.3, -0.25) is 0 Å². The average Bonchev–Trinajstić information content (AvgIpc) is 2.62. The predicted molar refractivity (Wildman–Crippen MR) is 102 cm³/mol. The molecule has 0 saturated heterocycles. The van der Waals surface area contributed by atoms with E-state index in [1.165, 1.54) is 22.3 Å². The second-order valence-corrected chi connectivity index (χ2v) is 6.13. The van der Waals surface area contributed by atoms with E-state index < -0.39 is 0 Å². The third kappa shape index (κ3) is 5.30. The van der Waals surface area contributed by atoms with Gasteiger partial charge in [-0.15, -0.1) is 0 Å². The standard InChI is InChI=1S/C21H29NO3/c1-16-18(15-24-3)7-4-8-19(16)20-9-5-10-21(17(20)2)25-14-6-11-22-12-13-23/h4-5,7-10,22-23H,6,11-15H2,1-3H3. The average molecular weight is 343 g/mol. The van der Waals surface area contributed by atoms with Gasteiger partial charge >= 0.3 is 0 Å². The maximum absolute atomic E-state index is 8.75. The Morgan fingerprint density at radius 3 is 2.40 bits per heavy atom. The van der Waals surface area contributed by atoms with Gasteiger partial charge in [0.25, 0.3) is 0 Å². The molecule has 4 nitrogen and oxygen atoms in total. The van der Waals surface area contributed by atoms with Gasteiger partial charge in [-0.05, 0) is 60.7 Å². The Hall–Kier alpha value is -1.88. The van der Waals surface area contributed by atoms with Gasteiger partial charge in [-0.25, -0.2) is 0 Å². The van der Waals surface area contributed by atoms with E-state index in [2.05, 4.69) is 43.4 Å². The number of rotatable bonds is 10. The molecule has 0 bridgehead atoms. The zero-order valence-corrected chi connectivity index (χ0v) is 15.5. The maximum atomic E-state index is 8.75. The normalized spacial score (nSPS) is 10.9. The van der Waals surface area contributed by atoms with E-state index in [-0.39, 0.29) is 6.61 Å². The third-order valence-electron chi connectivity index (χ3n) is 4.36. The van der Waals surface area contributed by atoms with Crippen LogP contribution in [0.2, 0.25) is 0 Å². The van der Waals surface area contributed by atoms with Crippen LogP contribution in [0.4, 0.5) is 0 Å². The minimum Gasteiger partial charge on any atom is -0.493 e. The Morgan fingerprint density at radius 1 is 0.960 bits per heavy atom. The summed E-state index contributed by atoms with van der Waals surface area (Å²) in [5.74, 6) is 0.927. The monoisotopic (exact) mass is 343 g/mol. The summed E-state index contributed by atoms with van der Waals surface area (Å²) in [5.41, 5.74) is 6.04. The first-order chi connectivity index (χ1) is 12.2. The Kier molecular flexibility index (Phi) is 7.92. The van der Waals surface area contributed by atoms with Crippen molar-refractivity contribution >= 4 is 0 Å². The van der Waals surface area contributed by atoms with Crippen LogP contribution in [0.15, 0.2) is 36.4 Å². The summed E-state index contributed by atoms with van der Waals surface area (Å²) in [6.07, 6.45) is 0.909. The number of hydrogen-bond donors (Lipinski definition) is 2. The predicted octanol–water partition coefficient (Wildman–Crippen LogP) is 3.47. The number of methoxy groups -OCH3 is 1. The van der Waals surface area contributed by atoms with E-state index in [4.69, 9.17) is 14.6 Å². The van der Waals surface area contributed by atoms with Crippen LogP contribution in [-0.2, 0) is 11.3 Å². The molecule has 4 heteroatoms. The molecule has 0 aromatic heterocycles. The number of nitrogens with one attached hydrogen (secondary N) is 1. The van der Waals surface area contributed by atoms with Crippen LogP contribution in [0.5, 0.6) is 5.75 Å². The molecular weight excluding hydrogens is 314 g/mol. The lowest BCUT2D eigenvalue weighted by atomic mass is 9.93. The summed E-state index contributed by atoms with van der Waals surface area (Å²) in [6, 6.07) is 12.6. The molecule has 0 unspecified atom stereocenters. The Morgan fingerprint density at radius 2 is 1.68 bits per heavy atom. The smallest absolute Gasteiger partial charge is 0.122 e. The van der Waals surface area contributed by atoms with Crippen LogP contribution >= 0.6 is 0 Å². The van der Waals surface area contributed by atoms with Gasteiger partial charge < -0.3 is 19.9 Å². The molecule has 0 amide bonds. The zero-order chi connectivity index (χ0) is 18.1. The van der Waals surface area contributed by atoms with Crippen LogP contribution in [0, 0.1) is 13.8 Å². The molecule has 0 spiro atoms. The molecule has 2 rings (SSSR count).